The quantitative estimate of drug-likeness (QED) is 0.801. The molecule has 88 valence electrons. The fourth-order valence-corrected chi connectivity index (χ4v) is 1.53. The molecule has 0 saturated carbocycles. The first-order valence-corrected chi connectivity index (χ1v) is 5.83. The van der Waals surface area contributed by atoms with Gasteiger partial charge in [-0.3, -0.25) is 9.78 Å². The summed E-state index contributed by atoms with van der Waals surface area (Å²) < 4.78 is 0. The molecule has 1 amide bonds. The molecule has 0 aliphatic carbocycles. The lowest BCUT2D eigenvalue weighted by molar-refractivity contribution is -0.120. The second-order valence-corrected chi connectivity index (χ2v) is 4.72. The highest BCUT2D eigenvalue weighted by Crippen LogP contribution is 2.20. The lowest BCUT2D eigenvalue weighted by Crippen LogP contribution is -2.36. The highest BCUT2D eigenvalue weighted by molar-refractivity contribution is 6.18. The Balaban J connectivity index is 2.55. The van der Waals surface area contributed by atoms with Gasteiger partial charge in [0.05, 0.1) is 0 Å². The summed E-state index contributed by atoms with van der Waals surface area (Å²) in [5.74, 6) is 0.353. The van der Waals surface area contributed by atoms with Gasteiger partial charge in [-0.2, -0.15) is 0 Å². The van der Waals surface area contributed by atoms with E-state index in [0.29, 0.717) is 18.8 Å². The van der Waals surface area contributed by atoms with E-state index < -0.39 is 0 Å². The van der Waals surface area contributed by atoms with Gasteiger partial charge in [0.15, 0.2) is 0 Å². The maximum absolute atomic E-state index is 11.3. The lowest BCUT2D eigenvalue weighted by Gasteiger charge is -2.25. The molecular formula is C12H17ClN2O. The summed E-state index contributed by atoms with van der Waals surface area (Å²) in [7, 11) is 0. The number of amides is 1. The monoisotopic (exact) mass is 240 g/mol. The van der Waals surface area contributed by atoms with Crippen LogP contribution in [0.1, 0.15) is 25.8 Å². The SMILES string of the molecule is CC(C)(CNC(=O)CCCl)c1cccnc1. The van der Waals surface area contributed by atoms with Crippen LogP contribution >= 0.6 is 11.6 Å². The van der Waals surface area contributed by atoms with Crippen LogP contribution in [0.4, 0.5) is 0 Å². The van der Waals surface area contributed by atoms with E-state index in [1.807, 2.05) is 18.3 Å². The summed E-state index contributed by atoms with van der Waals surface area (Å²) in [6.45, 7) is 4.74. The molecule has 0 atom stereocenters. The zero-order chi connectivity index (χ0) is 12.0. The van der Waals surface area contributed by atoms with Crippen LogP contribution in [0.5, 0.6) is 0 Å². The van der Waals surface area contributed by atoms with Crippen molar-refractivity contribution in [3.63, 3.8) is 0 Å². The van der Waals surface area contributed by atoms with Gasteiger partial charge < -0.3 is 5.32 Å². The van der Waals surface area contributed by atoms with Crippen molar-refractivity contribution < 1.29 is 4.79 Å². The van der Waals surface area contributed by atoms with Crippen LogP contribution in [-0.2, 0) is 10.2 Å². The van der Waals surface area contributed by atoms with Gasteiger partial charge in [-0.1, -0.05) is 19.9 Å². The van der Waals surface area contributed by atoms with Gasteiger partial charge >= 0.3 is 0 Å². The highest BCUT2D eigenvalue weighted by atomic mass is 35.5. The number of hydrogen-bond acceptors (Lipinski definition) is 2. The molecule has 16 heavy (non-hydrogen) atoms. The fourth-order valence-electron chi connectivity index (χ4n) is 1.36. The van der Waals surface area contributed by atoms with E-state index in [0.717, 1.165) is 5.56 Å². The Kier molecular flexibility index (Phi) is 4.74. The number of alkyl halides is 1. The smallest absolute Gasteiger partial charge is 0.221 e. The molecule has 1 heterocycles. The summed E-state index contributed by atoms with van der Waals surface area (Å²) in [5.41, 5.74) is 0.997. The first-order chi connectivity index (χ1) is 7.56. The molecule has 4 heteroatoms. The third-order valence-electron chi connectivity index (χ3n) is 2.49. The average Bonchev–Trinajstić information content (AvgIpc) is 2.28. The molecule has 0 unspecified atom stereocenters. The van der Waals surface area contributed by atoms with Gasteiger partial charge in [0.25, 0.3) is 0 Å². The summed E-state index contributed by atoms with van der Waals surface area (Å²) >= 11 is 5.49. The number of carbonyl (C=O) groups is 1. The molecule has 3 nitrogen and oxygen atoms in total. The molecule has 0 aromatic carbocycles. The van der Waals surface area contributed by atoms with Crippen molar-refractivity contribution in [2.75, 3.05) is 12.4 Å². The van der Waals surface area contributed by atoms with Crippen LogP contribution in [0, 0.1) is 0 Å². The predicted molar refractivity (Wildman–Crippen MR) is 65.6 cm³/mol. The number of nitrogens with zero attached hydrogens (tertiary/aromatic N) is 1. The van der Waals surface area contributed by atoms with Crippen molar-refractivity contribution in [3.8, 4) is 0 Å². The van der Waals surface area contributed by atoms with E-state index in [9.17, 15) is 4.79 Å². The van der Waals surface area contributed by atoms with Crippen LogP contribution < -0.4 is 5.32 Å². The molecule has 0 radical (unpaired) electrons. The van der Waals surface area contributed by atoms with Crippen molar-refractivity contribution in [3.05, 3.63) is 30.1 Å². The normalized spacial score (nSPS) is 11.2. The Morgan fingerprint density at radius 3 is 2.88 bits per heavy atom. The topological polar surface area (TPSA) is 42.0 Å². The van der Waals surface area contributed by atoms with Gasteiger partial charge in [-0.15, -0.1) is 11.6 Å². The maximum atomic E-state index is 11.3. The van der Waals surface area contributed by atoms with E-state index in [1.165, 1.54) is 0 Å². The summed E-state index contributed by atoms with van der Waals surface area (Å²) in [6, 6.07) is 3.92. The Labute approximate surface area is 101 Å². The molecular weight excluding hydrogens is 224 g/mol. The molecule has 1 aromatic rings. The minimum atomic E-state index is -0.115. The maximum Gasteiger partial charge on any atom is 0.221 e. The molecule has 1 rings (SSSR count). The van der Waals surface area contributed by atoms with Crippen molar-refractivity contribution in [1.29, 1.82) is 0 Å². The van der Waals surface area contributed by atoms with Gasteiger partial charge in [0.2, 0.25) is 5.91 Å². The number of pyridine rings is 1. The Morgan fingerprint density at radius 2 is 2.31 bits per heavy atom. The zero-order valence-electron chi connectivity index (χ0n) is 9.66. The molecule has 0 aliphatic rings. The number of nitrogens with one attached hydrogen (secondary N) is 1. The molecule has 0 saturated heterocycles. The van der Waals surface area contributed by atoms with Crippen LogP contribution in [0.25, 0.3) is 0 Å². The molecule has 0 aliphatic heterocycles. The molecule has 1 aromatic heterocycles. The number of aromatic nitrogens is 1. The van der Waals surface area contributed by atoms with Crippen molar-refractivity contribution in [1.82, 2.24) is 10.3 Å². The third kappa shape index (κ3) is 3.81. The Bertz CT molecular complexity index is 338. The van der Waals surface area contributed by atoms with E-state index in [1.54, 1.807) is 6.20 Å². The second kappa shape index (κ2) is 5.85. The highest BCUT2D eigenvalue weighted by Gasteiger charge is 2.21. The number of halogens is 1. The first kappa shape index (κ1) is 13.0. The van der Waals surface area contributed by atoms with Gasteiger partial charge in [-0.25, -0.2) is 0 Å². The van der Waals surface area contributed by atoms with E-state index in [4.69, 9.17) is 11.6 Å². The third-order valence-corrected chi connectivity index (χ3v) is 2.68. The second-order valence-electron chi connectivity index (χ2n) is 4.34. The summed E-state index contributed by atoms with van der Waals surface area (Å²) in [5, 5.41) is 2.87. The molecule has 0 bridgehead atoms. The summed E-state index contributed by atoms with van der Waals surface area (Å²) in [4.78, 5) is 15.4. The van der Waals surface area contributed by atoms with E-state index in [-0.39, 0.29) is 11.3 Å². The minimum Gasteiger partial charge on any atom is -0.355 e. The Morgan fingerprint density at radius 1 is 1.56 bits per heavy atom. The molecule has 1 N–H and O–H groups in total. The fraction of sp³-hybridized carbons (Fsp3) is 0.500. The van der Waals surface area contributed by atoms with Crippen molar-refractivity contribution >= 4 is 17.5 Å². The van der Waals surface area contributed by atoms with Crippen LogP contribution in [0.2, 0.25) is 0 Å². The van der Waals surface area contributed by atoms with Crippen molar-refractivity contribution in [2.45, 2.75) is 25.7 Å². The molecule has 0 fully saturated rings. The largest absolute Gasteiger partial charge is 0.355 e. The van der Waals surface area contributed by atoms with Crippen LogP contribution in [-0.4, -0.2) is 23.3 Å². The Hall–Kier alpha value is -1.09. The molecule has 0 spiro atoms. The number of hydrogen-bond donors (Lipinski definition) is 1. The van der Waals surface area contributed by atoms with Crippen LogP contribution in [0.3, 0.4) is 0 Å². The van der Waals surface area contributed by atoms with Gasteiger partial charge in [0, 0.05) is 36.7 Å². The predicted octanol–water partition coefficient (Wildman–Crippen LogP) is 2.10. The van der Waals surface area contributed by atoms with Crippen LogP contribution in [0.15, 0.2) is 24.5 Å². The lowest BCUT2D eigenvalue weighted by atomic mass is 9.86. The average molecular weight is 241 g/mol. The standard InChI is InChI=1S/C12H17ClN2O/c1-12(2,9-15-11(16)5-6-13)10-4-3-7-14-8-10/h3-4,7-8H,5-6,9H2,1-2H3,(H,15,16). The zero-order valence-corrected chi connectivity index (χ0v) is 10.4. The van der Waals surface area contributed by atoms with E-state index in [2.05, 4.69) is 24.1 Å². The first-order valence-electron chi connectivity index (χ1n) is 5.29. The van der Waals surface area contributed by atoms with Crippen molar-refractivity contribution in [2.24, 2.45) is 0 Å². The van der Waals surface area contributed by atoms with Gasteiger partial charge in [0.1, 0.15) is 0 Å². The minimum absolute atomic E-state index is 0.00744. The van der Waals surface area contributed by atoms with Gasteiger partial charge in [-0.05, 0) is 11.6 Å². The number of rotatable bonds is 5. The number of carbonyl (C=O) groups excluding carboxylic acids is 1. The summed E-state index contributed by atoms with van der Waals surface area (Å²) in [6.07, 6.45) is 3.93. The van der Waals surface area contributed by atoms with E-state index >= 15 is 0 Å².